The van der Waals surface area contributed by atoms with Gasteiger partial charge in [0.25, 0.3) is 11.6 Å². The molecule has 1 aromatic carbocycles. The van der Waals surface area contributed by atoms with Gasteiger partial charge in [0.05, 0.1) is 16.1 Å². The van der Waals surface area contributed by atoms with Crippen molar-refractivity contribution in [2.75, 3.05) is 11.1 Å². The predicted octanol–water partition coefficient (Wildman–Crippen LogP) is 3.40. The number of hydrogen-bond acceptors (Lipinski definition) is 6. The smallest absolute Gasteiger partial charge is 0.275 e. The van der Waals surface area contributed by atoms with Crippen LogP contribution in [0, 0.1) is 10.1 Å². The van der Waals surface area contributed by atoms with Crippen LogP contribution in [-0.2, 0) is 0 Å². The minimum Gasteiger partial charge on any atom is -0.320 e. The quantitative estimate of drug-likeness (QED) is 0.388. The Morgan fingerprint density at radius 3 is 2.95 bits per heavy atom. The van der Waals surface area contributed by atoms with Crippen molar-refractivity contribution >= 4 is 40.6 Å². The van der Waals surface area contributed by atoms with Crippen molar-refractivity contribution in [1.82, 2.24) is 9.97 Å². The highest BCUT2D eigenvalue weighted by molar-refractivity contribution is 7.99. The number of nitro benzene ring substituents is 1. The van der Waals surface area contributed by atoms with E-state index >= 15 is 0 Å². The zero-order valence-corrected chi connectivity index (χ0v) is 13.0. The normalized spacial score (nSPS) is 10.3. The van der Waals surface area contributed by atoms with Crippen molar-refractivity contribution in [3.05, 3.63) is 51.3 Å². The lowest BCUT2D eigenvalue weighted by Gasteiger charge is -2.07. The Morgan fingerprint density at radius 2 is 2.27 bits per heavy atom. The molecule has 0 unspecified atom stereocenters. The summed E-state index contributed by atoms with van der Waals surface area (Å²) >= 11 is 7.31. The minimum absolute atomic E-state index is 0.0270. The fourth-order valence-corrected chi connectivity index (χ4v) is 2.31. The largest absolute Gasteiger partial charge is 0.320 e. The molecule has 2 aromatic rings. The molecule has 22 heavy (non-hydrogen) atoms. The summed E-state index contributed by atoms with van der Waals surface area (Å²) < 4.78 is 0. The molecule has 0 aliphatic carbocycles. The number of nitrogens with one attached hydrogen (secondary N) is 1. The van der Waals surface area contributed by atoms with Crippen LogP contribution >= 0.6 is 23.4 Å². The Labute approximate surface area is 135 Å². The van der Waals surface area contributed by atoms with Gasteiger partial charge in [-0.3, -0.25) is 14.9 Å². The van der Waals surface area contributed by atoms with E-state index in [9.17, 15) is 14.9 Å². The van der Waals surface area contributed by atoms with Crippen LogP contribution in [-0.4, -0.2) is 26.6 Å². The number of aromatic nitrogens is 2. The van der Waals surface area contributed by atoms with Gasteiger partial charge in [0.2, 0.25) is 0 Å². The Bertz CT molecular complexity index is 726. The fraction of sp³-hybridized carbons (Fsp3) is 0.154. The van der Waals surface area contributed by atoms with Gasteiger partial charge in [-0.1, -0.05) is 36.4 Å². The molecular weight excluding hydrogens is 328 g/mol. The molecule has 0 saturated heterocycles. The van der Waals surface area contributed by atoms with Gasteiger partial charge in [0.15, 0.2) is 10.9 Å². The number of nitro groups is 1. The number of nitrogens with zero attached hydrogens (tertiary/aromatic N) is 3. The molecule has 0 bridgehead atoms. The molecule has 0 spiro atoms. The maximum atomic E-state index is 12.2. The summed E-state index contributed by atoms with van der Waals surface area (Å²) in [5.74, 6) is 0.207. The maximum absolute atomic E-state index is 12.2. The Hall–Kier alpha value is -2.19. The van der Waals surface area contributed by atoms with Gasteiger partial charge in [-0.05, 0) is 11.8 Å². The summed E-state index contributed by atoms with van der Waals surface area (Å²) in [6.45, 7) is 1.94. The summed E-state index contributed by atoms with van der Waals surface area (Å²) in [5.41, 5.74) is 0.200. The van der Waals surface area contributed by atoms with Crippen LogP contribution in [0.1, 0.15) is 17.4 Å². The van der Waals surface area contributed by atoms with Gasteiger partial charge in [-0.15, -0.1) is 0 Å². The average Bonchev–Trinajstić information content (AvgIpc) is 2.49. The molecule has 1 N–H and O–H groups in total. The lowest BCUT2D eigenvalue weighted by atomic mass is 10.2. The van der Waals surface area contributed by atoms with E-state index in [2.05, 4.69) is 15.3 Å². The number of hydrogen-bond donors (Lipinski definition) is 1. The van der Waals surface area contributed by atoms with Gasteiger partial charge in [-0.2, -0.15) is 0 Å². The third-order valence-corrected chi connectivity index (χ3v) is 3.55. The summed E-state index contributed by atoms with van der Waals surface area (Å²) in [5, 5.41) is 13.8. The number of halogens is 1. The molecule has 0 radical (unpaired) electrons. The van der Waals surface area contributed by atoms with E-state index in [0.717, 1.165) is 5.75 Å². The highest BCUT2D eigenvalue weighted by atomic mass is 35.5. The van der Waals surface area contributed by atoms with Crippen molar-refractivity contribution in [3.63, 3.8) is 0 Å². The van der Waals surface area contributed by atoms with Crippen LogP contribution in [0.5, 0.6) is 0 Å². The summed E-state index contributed by atoms with van der Waals surface area (Å²) in [6.07, 6.45) is 1.36. The number of amides is 1. The third kappa shape index (κ3) is 3.92. The number of carbonyl (C=O) groups excluding carboxylic acids is 1. The number of thioether (sulfide) groups is 1. The third-order valence-electron chi connectivity index (χ3n) is 2.53. The highest BCUT2D eigenvalue weighted by Gasteiger charge is 2.15. The lowest BCUT2D eigenvalue weighted by molar-refractivity contribution is -0.384. The number of rotatable bonds is 5. The summed E-state index contributed by atoms with van der Waals surface area (Å²) in [7, 11) is 0. The second-order valence-corrected chi connectivity index (χ2v) is 5.68. The maximum Gasteiger partial charge on any atom is 0.275 e. The molecular formula is C13H11ClN4O3S. The van der Waals surface area contributed by atoms with E-state index < -0.39 is 10.8 Å². The van der Waals surface area contributed by atoms with Crippen LogP contribution in [0.2, 0.25) is 5.02 Å². The van der Waals surface area contributed by atoms with Crippen LogP contribution in [0.15, 0.2) is 35.6 Å². The summed E-state index contributed by atoms with van der Waals surface area (Å²) in [4.78, 5) is 30.5. The molecule has 0 aliphatic rings. The molecule has 0 fully saturated rings. The van der Waals surface area contributed by atoms with Crippen molar-refractivity contribution in [2.45, 2.75) is 12.1 Å². The van der Waals surface area contributed by atoms with E-state index in [1.54, 1.807) is 6.07 Å². The molecule has 7 nitrogen and oxygen atoms in total. The standard InChI is InChI=1S/C13H11ClN4O3S/c1-2-22-13-15-7-10(14)11(17-13)12(19)16-8-4-3-5-9(6-8)18(20)21/h3-7H,2H2,1H3,(H,16,19). The van der Waals surface area contributed by atoms with Gasteiger partial charge in [0.1, 0.15) is 0 Å². The van der Waals surface area contributed by atoms with Crippen LogP contribution in [0.25, 0.3) is 0 Å². The first kappa shape index (κ1) is 16.2. The number of anilines is 1. The molecule has 9 heteroatoms. The number of benzene rings is 1. The monoisotopic (exact) mass is 338 g/mol. The van der Waals surface area contributed by atoms with Gasteiger partial charge in [-0.25, -0.2) is 9.97 Å². The Morgan fingerprint density at radius 1 is 1.50 bits per heavy atom. The van der Waals surface area contributed by atoms with Gasteiger partial charge < -0.3 is 5.32 Å². The molecule has 0 saturated carbocycles. The van der Waals surface area contributed by atoms with Crippen molar-refractivity contribution < 1.29 is 9.72 Å². The molecule has 0 atom stereocenters. The number of carbonyl (C=O) groups is 1. The van der Waals surface area contributed by atoms with Crippen LogP contribution in [0.3, 0.4) is 0 Å². The van der Waals surface area contributed by atoms with Crippen LogP contribution in [0.4, 0.5) is 11.4 Å². The zero-order chi connectivity index (χ0) is 16.1. The van der Waals surface area contributed by atoms with Crippen LogP contribution < -0.4 is 5.32 Å². The molecule has 0 aliphatic heterocycles. The van der Waals surface area contributed by atoms with Gasteiger partial charge in [0, 0.05) is 17.8 Å². The second-order valence-electron chi connectivity index (χ2n) is 4.04. The van der Waals surface area contributed by atoms with Crippen molar-refractivity contribution in [1.29, 1.82) is 0 Å². The molecule has 1 amide bonds. The predicted molar refractivity (Wildman–Crippen MR) is 84.5 cm³/mol. The first-order valence-electron chi connectivity index (χ1n) is 6.22. The van der Waals surface area contributed by atoms with E-state index in [-0.39, 0.29) is 16.4 Å². The molecule has 1 heterocycles. The fourth-order valence-electron chi connectivity index (χ4n) is 1.60. The zero-order valence-electron chi connectivity index (χ0n) is 11.4. The van der Waals surface area contributed by atoms with Crippen molar-refractivity contribution in [3.8, 4) is 0 Å². The topological polar surface area (TPSA) is 98.0 Å². The van der Waals surface area contributed by atoms with Gasteiger partial charge >= 0.3 is 0 Å². The first-order valence-corrected chi connectivity index (χ1v) is 7.58. The molecule has 114 valence electrons. The van der Waals surface area contributed by atoms with E-state index in [4.69, 9.17) is 11.6 Å². The molecule has 1 aromatic heterocycles. The molecule has 2 rings (SSSR count). The SMILES string of the molecule is CCSc1ncc(Cl)c(C(=O)Nc2cccc([N+](=O)[O-])c2)n1. The van der Waals surface area contributed by atoms with E-state index in [1.165, 1.54) is 36.2 Å². The van der Waals surface area contributed by atoms with Crippen molar-refractivity contribution in [2.24, 2.45) is 0 Å². The first-order chi connectivity index (χ1) is 10.5. The second kappa shape index (κ2) is 7.19. The van der Waals surface area contributed by atoms with E-state index in [0.29, 0.717) is 10.8 Å². The minimum atomic E-state index is -0.550. The number of non-ortho nitro benzene ring substituents is 1. The Kier molecular flexibility index (Phi) is 5.29. The summed E-state index contributed by atoms with van der Waals surface area (Å²) in [6, 6.07) is 5.62. The lowest BCUT2D eigenvalue weighted by Crippen LogP contribution is -2.15. The van der Waals surface area contributed by atoms with E-state index in [1.807, 2.05) is 6.92 Å². The highest BCUT2D eigenvalue weighted by Crippen LogP contribution is 2.21. The Balaban J connectivity index is 2.23. The average molecular weight is 339 g/mol.